The van der Waals surface area contributed by atoms with Gasteiger partial charge in [-0.2, -0.15) is 0 Å². The lowest BCUT2D eigenvalue weighted by molar-refractivity contribution is 0.266. The Morgan fingerprint density at radius 3 is 2.00 bits per heavy atom. The highest BCUT2D eigenvalue weighted by molar-refractivity contribution is 5.14. The largest absolute Gasteiger partial charge is 0.299 e. The Morgan fingerprint density at radius 1 is 0.929 bits per heavy atom. The molecule has 0 heterocycles. The SMILES string of the molecule is CCCN(CCC)Cc1ccccc1. The van der Waals surface area contributed by atoms with Gasteiger partial charge in [-0.25, -0.2) is 0 Å². The summed E-state index contributed by atoms with van der Waals surface area (Å²) in [6.45, 7) is 8.01. The van der Waals surface area contributed by atoms with Crippen molar-refractivity contribution >= 4 is 0 Å². The van der Waals surface area contributed by atoms with Crippen LogP contribution < -0.4 is 0 Å². The molecular formula is C13H21N. The van der Waals surface area contributed by atoms with Crippen molar-refractivity contribution < 1.29 is 0 Å². The van der Waals surface area contributed by atoms with E-state index in [0.717, 1.165) is 6.54 Å². The van der Waals surface area contributed by atoms with Crippen LogP contribution >= 0.6 is 0 Å². The van der Waals surface area contributed by atoms with E-state index in [4.69, 9.17) is 0 Å². The maximum atomic E-state index is 2.52. The second-order valence-corrected chi connectivity index (χ2v) is 3.76. The first-order valence-corrected chi connectivity index (χ1v) is 5.63. The van der Waals surface area contributed by atoms with Gasteiger partial charge < -0.3 is 0 Å². The first-order valence-electron chi connectivity index (χ1n) is 5.63. The van der Waals surface area contributed by atoms with Gasteiger partial charge in [0.15, 0.2) is 0 Å². The Hall–Kier alpha value is -0.820. The Balaban J connectivity index is 2.46. The third-order valence-electron chi connectivity index (χ3n) is 2.33. The van der Waals surface area contributed by atoms with Crippen molar-refractivity contribution in [2.24, 2.45) is 0 Å². The van der Waals surface area contributed by atoms with Gasteiger partial charge >= 0.3 is 0 Å². The average Bonchev–Trinajstić information content (AvgIpc) is 2.20. The average molecular weight is 191 g/mol. The Bertz CT molecular complexity index is 224. The van der Waals surface area contributed by atoms with Crippen molar-refractivity contribution in [1.29, 1.82) is 0 Å². The highest BCUT2D eigenvalue weighted by Gasteiger charge is 2.02. The molecule has 0 aliphatic heterocycles. The molecule has 0 unspecified atom stereocenters. The van der Waals surface area contributed by atoms with Crippen molar-refractivity contribution in [3.05, 3.63) is 35.9 Å². The maximum absolute atomic E-state index is 2.52. The van der Waals surface area contributed by atoms with Gasteiger partial charge in [0, 0.05) is 6.54 Å². The monoisotopic (exact) mass is 191 g/mol. The zero-order chi connectivity index (χ0) is 10.2. The summed E-state index contributed by atoms with van der Waals surface area (Å²) in [4.78, 5) is 2.52. The van der Waals surface area contributed by atoms with Crippen LogP contribution in [0.5, 0.6) is 0 Å². The van der Waals surface area contributed by atoms with E-state index < -0.39 is 0 Å². The summed E-state index contributed by atoms with van der Waals surface area (Å²) in [6, 6.07) is 10.7. The van der Waals surface area contributed by atoms with Crippen LogP contribution in [-0.4, -0.2) is 18.0 Å². The number of nitrogens with zero attached hydrogens (tertiary/aromatic N) is 1. The lowest BCUT2D eigenvalue weighted by atomic mass is 10.2. The highest BCUT2D eigenvalue weighted by atomic mass is 15.1. The minimum atomic E-state index is 1.10. The topological polar surface area (TPSA) is 3.24 Å². The molecule has 0 amide bonds. The fourth-order valence-corrected chi connectivity index (χ4v) is 1.74. The Labute approximate surface area is 87.7 Å². The summed E-state index contributed by atoms with van der Waals surface area (Å²) >= 11 is 0. The molecule has 14 heavy (non-hydrogen) atoms. The van der Waals surface area contributed by atoms with Gasteiger partial charge in [-0.15, -0.1) is 0 Å². The molecule has 0 aliphatic rings. The van der Waals surface area contributed by atoms with Gasteiger partial charge in [0.2, 0.25) is 0 Å². The first-order chi connectivity index (χ1) is 6.86. The lowest BCUT2D eigenvalue weighted by Crippen LogP contribution is -2.24. The fourth-order valence-electron chi connectivity index (χ4n) is 1.74. The molecular weight excluding hydrogens is 170 g/mol. The second kappa shape index (κ2) is 6.61. The molecule has 0 saturated heterocycles. The van der Waals surface area contributed by atoms with E-state index in [2.05, 4.69) is 49.1 Å². The third-order valence-corrected chi connectivity index (χ3v) is 2.33. The fraction of sp³-hybridized carbons (Fsp3) is 0.538. The molecule has 1 heteroatoms. The lowest BCUT2D eigenvalue weighted by Gasteiger charge is -2.20. The molecule has 1 aromatic rings. The van der Waals surface area contributed by atoms with Crippen LogP contribution in [0.4, 0.5) is 0 Å². The van der Waals surface area contributed by atoms with Gasteiger partial charge in [-0.1, -0.05) is 44.2 Å². The van der Waals surface area contributed by atoms with Crippen LogP contribution in [-0.2, 0) is 6.54 Å². The van der Waals surface area contributed by atoms with Crippen LogP contribution in [0.15, 0.2) is 30.3 Å². The molecule has 0 radical (unpaired) electrons. The Kier molecular flexibility index (Phi) is 5.31. The normalized spacial score (nSPS) is 10.8. The maximum Gasteiger partial charge on any atom is 0.0233 e. The molecule has 0 aromatic heterocycles. The van der Waals surface area contributed by atoms with E-state index in [-0.39, 0.29) is 0 Å². The predicted octanol–water partition coefficient (Wildman–Crippen LogP) is 3.31. The number of hydrogen-bond donors (Lipinski definition) is 0. The van der Waals surface area contributed by atoms with E-state index in [0.29, 0.717) is 0 Å². The zero-order valence-electron chi connectivity index (χ0n) is 9.37. The second-order valence-electron chi connectivity index (χ2n) is 3.76. The molecule has 1 aromatic carbocycles. The summed E-state index contributed by atoms with van der Waals surface area (Å²) in [7, 11) is 0. The van der Waals surface area contributed by atoms with Crippen LogP contribution in [0.1, 0.15) is 32.3 Å². The van der Waals surface area contributed by atoms with Crippen molar-refractivity contribution in [2.45, 2.75) is 33.2 Å². The predicted molar refractivity (Wildman–Crippen MR) is 62.3 cm³/mol. The molecule has 0 aliphatic carbocycles. The van der Waals surface area contributed by atoms with Crippen LogP contribution in [0, 0.1) is 0 Å². The van der Waals surface area contributed by atoms with Gasteiger partial charge in [0.25, 0.3) is 0 Å². The van der Waals surface area contributed by atoms with E-state index in [1.807, 2.05) is 0 Å². The molecule has 78 valence electrons. The van der Waals surface area contributed by atoms with E-state index in [9.17, 15) is 0 Å². The molecule has 0 saturated carbocycles. The van der Waals surface area contributed by atoms with Gasteiger partial charge in [-0.3, -0.25) is 4.90 Å². The summed E-state index contributed by atoms with van der Waals surface area (Å²) in [5.41, 5.74) is 1.43. The molecule has 0 bridgehead atoms. The molecule has 1 nitrogen and oxygen atoms in total. The highest BCUT2D eigenvalue weighted by Crippen LogP contribution is 2.05. The number of rotatable bonds is 6. The van der Waals surface area contributed by atoms with Crippen molar-refractivity contribution in [3.63, 3.8) is 0 Å². The van der Waals surface area contributed by atoms with Gasteiger partial charge in [0.1, 0.15) is 0 Å². The summed E-state index contributed by atoms with van der Waals surface area (Å²) in [5, 5.41) is 0. The summed E-state index contributed by atoms with van der Waals surface area (Å²) < 4.78 is 0. The summed E-state index contributed by atoms with van der Waals surface area (Å²) in [6.07, 6.45) is 2.49. The van der Waals surface area contributed by atoms with Crippen molar-refractivity contribution in [2.75, 3.05) is 13.1 Å². The molecule has 0 N–H and O–H groups in total. The van der Waals surface area contributed by atoms with Crippen molar-refractivity contribution in [1.82, 2.24) is 4.90 Å². The number of hydrogen-bond acceptors (Lipinski definition) is 1. The van der Waals surface area contributed by atoms with E-state index >= 15 is 0 Å². The molecule has 1 rings (SSSR count). The minimum Gasteiger partial charge on any atom is -0.299 e. The standard InChI is InChI=1S/C13H21N/c1-3-10-14(11-4-2)12-13-8-6-5-7-9-13/h5-9H,3-4,10-12H2,1-2H3. The minimum absolute atomic E-state index is 1.10. The molecule has 0 atom stereocenters. The van der Waals surface area contributed by atoms with Gasteiger partial charge in [-0.05, 0) is 31.5 Å². The third kappa shape index (κ3) is 3.93. The van der Waals surface area contributed by atoms with Crippen LogP contribution in [0.2, 0.25) is 0 Å². The Morgan fingerprint density at radius 2 is 1.50 bits per heavy atom. The van der Waals surface area contributed by atoms with E-state index in [1.54, 1.807) is 0 Å². The van der Waals surface area contributed by atoms with Crippen LogP contribution in [0.25, 0.3) is 0 Å². The van der Waals surface area contributed by atoms with E-state index in [1.165, 1.54) is 31.5 Å². The number of benzene rings is 1. The first kappa shape index (κ1) is 11.3. The van der Waals surface area contributed by atoms with Gasteiger partial charge in [0.05, 0.1) is 0 Å². The molecule has 0 spiro atoms. The summed E-state index contributed by atoms with van der Waals surface area (Å²) in [5.74, 6) is 0. The van der Waals surface area contributed by atoms with Crippen molar-refractivity contribution in [3.8, 4) is 0 Å². The smallest absolute Gasteiger partial charge is 0.0233 e. The van der Waals surface area contributed by atoms with Crippen LogP contribution in [0.3, 0.4) is 0 Å². The zero-order valence-corrected chi connectivity index (χ0v) is 9.37. The molecule has 0 fully saturated rings. The quantitative estimate of drug-likeness (QED) is 0.667.